The molecular formula is C17H19N3O. The van der Waals surface area contributed by atoms with Gasteiger partial charge in [-0.15, -0.1) is 0 Å². The van der Waals surface area contributed by atoms with E-state index in [2.05, 4.69) is 39.9 Å². The number of rotatable bonds is 4. The summed E-state index contributed by atoms with van der Waals surface area (Å²) in [5.74, 6) is 1.07. The number of carbonyl (C=O) groups excluding carboxylic acids is 1. The first-order chi connectivity index (χ1) is 10.3. The van der Waals surface area contributed by atoms with Gasteiger partial charge >= 0.3 is 0 Å². The van der Waals surface area contributed by atoms with Crippen molar-refractivity contribution in [1.29, 1.82) is 0 Å². The molecule has 0 spiro atoms. The van der Waals surface area contributed by atoms with Gasteiger partial charge in [-0.1, -0.05) is 18.2 Å². The van der Waals surface area contributed by atoms with Crippen LogP contribution in [0.4, 0.5) is 5.82 Å². The second-order valence-corrected chi connectivity index (χ2v) is 5.38. The van der Waals surface area contributed by atoms with Gasteiger partial charge in [-0.2, -0.15) is 0 Å². The fraction of sp³-hybridized carbons (Fsp3) is 0.294. The van der Waals surface area contributed by atoms with Gasteiger partial charge in [-0.25, -0.2) is 4.98 Å². The van der Waals surface area contributed by atoms with Crippen LogP contribution in [0.3, 0.4) is 0 Å². The first-order valence-corrected chi connectivity index (χ1v) is 7.23. The van der Waals surface area contributed by atoms with Gasteiger partial charge in [-0.3, -0.25) is 4.79 Å². The van der Waals surface area contributed by atoms with Crippen LogP contribution in [-0.2, 0) is 4.79 Å². The van der Waals surface area contributed by atoms with Crippen LogP contribution >= 0.6 is 0 Å². The molecule has 1 heterocycles. The Kier molecular flexibility index (Phi) is 3.86. The zero-order chi connectivity index (χ0) is 14.7. The zero-order valence-electron chi connectivity index (χ0n) is 12.1. The second kappa shape index (κ2) is 5.95. The molecule has 3 rings (SSSR count). The van der Waals surface area contributed by atoms with Crippen molar-refractivity contribution in [2.24, 2.45) is 0 Å². The van der Waals surface area contributed by atoms with Crippen molar-refractivity contribution in [2.75, 3.05) is 12.4 Å². The number of aromatic nitrogens is 1. The lowest BCUT2D eigenvalue weighted by Gasteiger charge is -2.12. The molecule has 21 heavy (non-hydrogen) atoms. The summed E-state index contributed by atoms with van der Waals surface area (Å²) in [6.45, 7) is 0. The van der Waals surface area contributed by atoms with E-state index in [0.29, 0.717) is 18.1 Å². The molecule has 1 aromatic rings. The molecule has 1 aromatic heterocycles. The van der Waals surface area contributed by atoms with E-state index in [-0.39, 0.29) is 0 Å². The average Bonchev–Trinajstić information content (AvgIpc) is 2.82. The summed E-state index contributed by atoms with van der Waals surface area (Å²) < 4.78 is 0. The molecule has 0 saturated heterocycles. The lowest BCUT2D eigenvalue weighted by Crippen LogP contribution is -2.05. The standard InChI is InChI=1S/C17H19N3O/c1-18-15-6-4-12-9-14(10-13(12)5-7-15)16-3-2-8-19-17(16)20-11-21/h2-6,8,11,14,18H,7,9-10H2,1H3,(H,19,20,21). The number of pyridine rings is 1. The first kappa shape index (κ1) is 13.6. The van der Waals surface area contributed by atoms with E-state index in [9.17, 15) is 4.79 Å². The van der Waals surface area contributed by atoms with Crippen LogP contribution in [0.25, 0.3) is 0 Å². The molecule has 1 amide bonds. The predicted octanol–water partition coefficient (Wildman–Crippen LogP) is 2.89. The third-order valence-corrected chi connectivity index (χ3v) is 4.19. The summed E-state index contributed by atoms with van der Waals surface area (Å²) in [5.41, 5.74) is 5.18. The molecule has 0 aromatic carbocycles. The highest BCUT2D eigenvalue weighted by Gasteiger charge is 2.27. The lowest BCUT2D eigenvalue weighted by atomic mass is 9.97. The van der Waals surface area contributed by atoms with E-state index in [1.165, 1.54) is 16.8 Å². The maximum absolute atomic E-state index is 10.7. The first-order valence-electron chi connectivity index (χ1n) is 7.23. The molecule has 2 N–H and O–H groups in total. The molecule has 1 fully saturated rings. The number of anilines is 1. The number of carbonyl (C=O) groups is 1. The number of amides is 1. The molecule has 1 atom stereocenters. The summed E-state index contributed by atoms with van der Waals surface area (Å²) in [6.07, 6.45) is 12.1. The van der Waals surface area contributed by atoms with Crippen LogP contribution in [0, 0.1) is 0 Å². The van der Waals surface area contributed by atoms with Crippen LogP contribution < -0.4 is 10.6 Å². The van der Waals surface area contributed by atoms with Crippen molar-refractivity contribution in [3.05, 3.63) is 59.0 Å². The van der Waals surface area contributed by atoms with Crippen LogP contribution in [0.2, 0.25) is 0 Å². The SMILES string of the molecule is CNC1=CC=C2CC(c3cccnc3NC=O)CC2=CC1. The molecule has 1 unspecified atom stereocenters. The number of nitrogens with zero attached hydrogens (tertiary/aromatic N) is 1. The van der Waals surface area contributed by atoms with Crippen molar-refractivity contribution in [1.82, 2.24) is 10.3 Å². The van der Waals surface area contributed by atoms with Crippen molar-refractivity contribution in [3.63, 3.8) is 0 Å². The van der Waals surface area contributed by atoms with Gasteiger partial charge < -0.3 is 10.6 Å². The van der Waals surface area contributed by atoms with Gasteiger partial charge in [0.25, 0.3) is 0 Å². The highest BCUT2D eigenvalue weighted by molar-refractivity contribution is 5.71. The average molecular weight is 281 g/mol. The molecule has 0 radical (unpaired) electrons. The highest BCUT2D eigenvalue weighted by Crippen LogP contribution is 2.44. The van der Waals surface area contributed by atoms with Crippen molar-refractivity contribution >= 4 is 12.2 Å². The Bertz CT molecular complexity index is 643. The maximum Gasteiger partial charge on any atom is 0.212 e. The second-order valence-electron chi connectivity index (χ2n) is 5.38. The molecule has 2 aliphatic carbocycles. The largest absolute Gasteiger partial charge is 0.391 e. The van der Waals surface area contributed by atoms with Crippen LogP contribution in [0.1, 0.15) is 30.7 Å². The Hall–Kier alpha value is -2.36. The monoisotopic (exact) mass is 281 g/mol. The van der Waals surface area contributed by atoms with Crippen LogP contribution in [0.5, 0.6) is 0 Å². The summed E-state index contributed by atoms with van der Waals surface area (Å²) in [7, 11) is 1.96. The van der Waals surface area contributed by atoms with Gasteiger partial charge in [0.1, 0.15) is 5.82 Å². The Morgan fingerprint density at radius 3 is 2.95 bits per heavy atom. The van der Waals surface area contributed by atoms with Crippen molar-refractivity contribution in [2.45, 2.75) is 25.2 Å². The molecule has 4 heteroatoms. The Balaban J connectivity index is 1.87. The number of nitrogens with one attached hydrogen (secondary N) is 2. The van der Waals surface area contributed by atoms with E-state index in [0.717, 1.165) is 24.8 Å². The Morgan fingerprint density at radius 2 is 2.14 bits per heavy atom. The Morgan fingerprint density at radius 1 is 1.29 bits per heavy atom. The normalized spacial score (nSPS) is 20.6. The van der Waals surface area contributed by atoms with Gasteiger partial charge in [0.05, 0.1) is 0 Å². The molecule has 1 saturated carbocycles. The number of fused-ring (bicyclic) bond motifs is 1. The molecule has 0 bridgehead atoms. The summed E-state index contributed by atoms with van der Waals surface area (Å²) in [6, 6.07) is 3.99. The van der Waals surface area contributed by atoms with Gasteiger partial charge in [0, 0.05) is 25.4 Å². The van der Waals surface area contributed by atoms with E-state index in [4.69, 9.17) is 0 Å². The predicted molar refractivity (Wildman–Crippen MR) is 83.8 cm³/mol. The minimum atomic E-state index is 0.392. The van der Waals surface area contributed by atoms with E-state index in [1.807, 2.05) is 13.1 Å². The van der Waals surface area contributed by atoms with Gasteiger partial charge in [0.15, 0.2) is 0 Å². The number of allylic oxidation sites excluding steroid dienone is 5. The fourth-order valence-electron chi connectivity index (χ4n) is 3.09. The molecule has 2 aliphatic rings. The van der Waals surface area contributed by atoms with Crippen molar-refractivity contribution in [3.8, 4) is 0 Å². The van der Waals surface area contributed by atoms with E-state index >= 15 is 0 Å². The number of hydrogen-bond donors (Lipinski definition) is 2. The van der Waals surface area contributed by atoms with Crippen LogP contribution in [-0.4, -0.2) is 18.4 Å². The smallest absolute Gasteiger partial charge is 0.212 e. The molecular weight excluding hydrogens is 262 g/mol. The summed E-state index contributed by atoms with van der Waals surface area (Å²) in [4.78, 5) is 15.0. The third kappa shape index (κ3) is 2.75. The maximum atomic E-state index is 10.7. The lowest BCUT2D eigenvalue weighted by molar-refractivity contribution is -0.105. The minimum Gasteiger partial charge on any atom is -0.391 e. The van der Waals surface area contributed by atoms with Gasteiger partial charge in [0.2, 0.25) is 6.41 Å². The van der Waals surface area contributed by atoms with Crippen molar-refractivity contribution < 1.29 is 4.79 Å². The fourth-order valence-corrected chi connectivity index (χ4v) is 3.09. The number of hydrogen-bond acceptors (Lipinski definition) is 3. The Labute approximate surface area is 124 Å². The zero-order valence-corrected chi connectivity index (χ0v) is 12.1. The quantitative estimate of drug-likeness (QED) is 0.834. The minimum absolute atomic E-state index is 0.392. The highest BCUT2D eigenvalue weighted by atomic mass is 16.1. The molecule has 108 valence electrons. The van der Waals surface area contributed by atoms with E-state index < -0.39 is 0 Å². The van der Waals surface area contributed by atoms with Crippen LogP contribution in [0.15, 0.2) is 53.4 Å². The molecule has 4 nitrogen and oxygen atoms in total. The van der Waals surface area contributed by atoms with E-state index in [1.54, 1.807) is 6.20 Å². The summed E-state index contributed by atoms with van der Waals surface area (Å²) in [5, 5.41) is 5.93. The topological polar surface area (TPSA) is 54.0 Å². The summed E-state index contributed by atoms with van der Waals surface area (Å²) >= 11 is 0. The van der Waals surface area contributed by atoms with Gasteiger partial charge in [-0.05, 0) is 47.6 Å². The third-order valence-electron chi connectivity index (χ3n) is 4.19. The molecule has 0 aliphatic heterocycles.